The van der Waals surface area contributed by atoms with E-state index in [1.54, 1.807) is 0 Å². The molecular formula is C16H18ClN3. The molecule has 0 amide bonds. The second-order valence-electron chi connectivity index (χ2n) is 5.01. The van der Waals surface area contributed by atoms with E-state index in [2.05, 4.69) is 21.7 Å². The first-order valence-electron chi connectivity index (χ1n) is 7.00. The summed E-state index contributed by atoms with van der Waals surface area (Å²) >= 11 is 6.00. The van der Waals surface area contributed by atoms with Gasteiger partial charge in [0.25, 0.3) is 0 Å². The first-order chi connectivity index (χ1) is 9.83. The van der Waals surface area contributed by atoms with Crippen molar-refractivity contribution in [1.29, 1.82) is 0 Å². The molecule has 1 aromatic heterocycles. The van der Waals surface area contributed by atoms with Crippen LogP contribution in [0, 0.1) is 0 Å². The fourth-order valence-electron chi connectivity index (χ4n) is 2.53. The second kappa shape index (κ2) is 6.25. The molecule has 0 saturated carbocycles. The summed E-state index contributed by atoms with van der Waals surface area (Å²) in [6.45, 7) is 3.06. The average molecular weight is 288 g/mol. The van der Waals surface area contributed by atoms with E-state index < -0.39 is 0 Å². The Morgan fingerprint density at radius 1 is 1.30 bits per heavy atom. The lowest BCUT2D eigenvalue weighted by molar-refractivity contribution is 0.683. The summed E-state index contributed by atoms with van der Waals surface area (Å²) in [6.07, 6.45) is 6.38. The molecule has 0 atom stereocenters. The number of anilines is 1. The Morgan fingerprint density at radius 2 is 2.25 bits per heavy atom. The third kappa shape index (κ3) is 3.11. The Labute approximate surface area is 124 Å². The number of pyridine rings is 1. The van der Waals surface area contributed by atoms with Gasteiger partial charge in [0.15, 0.2) is 0 Å². The van der Waals surface area contributed by atoms with E-state index in [4.69, 9.17) is 11.6 Å². The number of nitrogens with zero attached hydrogens (tertiary/aromatic N) is 1. The zero-order valence-electron chi connectivity index (χ0n) is 11.3. The maximum Gasteiger partial charge on any atom is 0.0737 e. The van der Waals surface area contributed by atoms with E-state index in [1.807, 2.05) is 30.5 Å². The molecule has 0 aliphatic carbocycles. The SMILES string of the molecule is Clc1ccc2c(NCCC3=CCNCC3)ccnc2c1. The molecule has 0 saturated heterocycles. The van der Waals surface area contributed by atoms with Crippen molar-refractivity contribution in [3.63, 3.8) is 0 Å². The van der Waals surface area contributed by atoms with Crippen molar-refractivity contribution < 1.29 is 0 Å². The van der Waals surface area contributed by atoms with Gasteiger partial charge in [0.05, 0.1) is 5.52 Å². The molecule has 0 bridgehead atoms. The molecule has 4 heteroatoms. The smallest absolute Gasteiger partial charge is 0.0737 e. The van der Waals surface area contributed by atoms with Gasteiger partial charge in [0.1, 0.15) is 0 Å². The summed E-state index contributed by atoms with van der Waals surface area (Å²) in [7, 11) is 0. The van der Waals surface area contributed by atoms with Gasteiger partial charge in [-0.1, -0.05) is 23.3 Å². The van der Waals surface area contributed by atoms with E-state index in [-0.39, 0.29) is 0 Å². The van der Waals surface area contributed by atoms with Crippen molar-refractivity contribution in [3.8, 4) is 0 Å². The van der Waals surface area contributed by atoms with E-state index in [9.17, 15) is 0 Å². The molecule has 104 valence electrons. The minimum atomic E-state index is 0.724. The van der Waals surface area contributed by atoms with Crippen LogP contribution in [0.3, 0.4) is 0 Å². The second-order valence-corrected chi connectivity index (χ2v) is 5.45. The molecule has 0 unspecified atom stereocenters. The van der Waals surface area contributed by atoms with E-state index in [0.717, 1.165) is 54.1 Å². The third-order valence-corrected chi connectivity index (χ3v) is 3.86. The van der Waals surface area contributed by atoms with Crippen molar-refractivity contribution in [3.05, 3.63) is 47.1 Å². The van der Waals surface area contributed by atoms with Crippen LogP contribution in [0.1, 0.15) is 12.8 Å². The van der Waals surface area contributed by atoms with Crippen LogP contribution in [0.2, 0.25) is 5.02 Å². The number of fused-ring (bicyclic) bond motifs is 1. The van der Waals surface area contributed by atoms with E-state index >= 15 is 0 Å². The Kier molecular flexibility index (Phi) is 4.19. The predicted molar refractivity (Wildman–Crippen MR) is 85.4 cm³/mol. The Balaban J connectivity index is 1.69. The van der Waals surface area contributed by atoms with Gasteiger partial charge in [-0.3, -0.25) is 4.98 Å². The molecule has 20 heavy (non-hydrogen) atoms. The van der Waals surface area contributed by atoms with Crippen LogP contribution in [0.5, 0.6) is 0 Å². The standard InChI is InChI=1S/C16H18ClN3/c17-13-1-2-14-15(6-10-20-16(14)11-13)19-9-5-12-3-7-18-8-4-12/h1-3,6,10-11,18H,4-5,7-9H2,(H,19,20). The summed E-state index contributed by atoms with van der Waals surface area (Å²) in [6, 6.07) is 7.85. The fraction of sp³-hybridized carbons (Fsp3) is 0.312. The first-order valence-corrected chi connectivity index (χ1v) is 7.37. The molecule has 2 aromatic rings. The van der Waals surface area contributed by atoms with Gasteiger partial charge < -0.3 is 10.6 Å². The van der Waals surface area contributed by atoms with Gasteiger partial charge >= 0.3 is 0 Å². The normalized spacial score (nSPS) is 15.2. The van der Waals surface area contributed by atoms with Gasteiger partial charge in [0.2, 0.25) is 0 Å². The molecule has 1 aliphatic rings. The van der Waals surface area contributed by atoms with Crippen LogP contribution < -0.4 is 10.6 Å². The highest BCUT2D eigenvalue weighted by Crippen LogP contribution is 2.24. The summed E-state index contributed by atoms with van der Waals surface area (Å²) in [5.41, 5.74) is 3.60. The van der Waals surface area contributed by atoms with Crippen LogP contribution in [0.25, 0.3) is 10.9 Å². The third-order valence-electron chi connectivity index (χ3n) is 3.62. The molecule has 0 fully saturated rings. The van der Waals surface area contributed by atoms with Gasteiger partial charge in [-0.25, -0.2) is 0 Å². The van der Waals surface area contributed by atoms with Crippen molar-refractivity contribution in [1.82, 2.24) is 10.3 Å². The van der Waals surface area contributed by atoms with E-state index in [0.29, 0.717) is 0 Å². The van der Waals surface area contributed by atoms with Crippen LogP contribution in [0.15, 0.2) is 42.1 Å². The molecule has 3 nitrogen and oxygen atoms in total. The molecule has 1 aromatic carbocycles. The minimum Gasteiger partial charge on any atom is -0.384 e. The molecule has 0 radical (unpaired) electrons. The maximum absolute atomic E-state index is 6.00. The van der Waals surface area contributed by atoms with Gasteiger partial charge in [0, 0.05) is 35.4 Å². The summed E-state index contributed by atoms with van der Waals surface area (Å²) in [5.74, 6) is 0. The number of hydrogen-bond donors (Lipinski definition) is 2. The maximum atomic E-state index is 6.00. The van der Waals surface area contributed by atoms with Crippen LogP contribution in [0.4, 0.5) is 5.69 Å². The van der Waals surface area contributed by atoms with Gasteiger partial charge in [-0.15, -0.1) is 0 Å². The Hall–Kier alpha value is -1.58. The number of nitrogens with one attached hydrogen (secondary N) is 2. The highest BCUT2D eigenvalue weighted by Gasteiger charge is 2.04. The predicted octanol–water partition coefficient (Wildman–Crippen LogP) is 3.61. The molecule has 2 heterocycles. The van der Waals surface area contributed by atoms with Crippen molar-refractivity contribution >= 4 is 28.2 Å². The molecule has 2 N–H and O–H groups in total. The summed E-state index contributed by atoms with van der Waals surface area (Å²) < 4.78 is 0. The van der Waals surface area contributed by atoms with Crippen molar-refractivity contribution in [2.24, 2.45) is 0 Å². The lowest BCUT2D eigenvalue weighted by Gasteiger charge is -2.15. The van der Waals surface area contributed by atoms with Gasteiger partial charge in [-0.2, -0.15) is 0 Å². The Bertz CT molecular complexity index is 637. The van der Waals surface area contributed by atoms with Crippen molar-refractivity contribution in [2.45, 2.75) is 12.8 Å². The molecule has 3 rings (SSSR count). The van der Waals surface area contributed by atoms with Crippen LogP contribution >= 0.6 is 11.6 Å². The fourth-order valence-corrected chi connectivity index (χ4v) is 2.70. The number of benzene rings is 1. The number of aromatic nitrogens is 1. The number of halogens is 1. The van der Waals surface area contributed by atoms with Crippen LogP contribution in [-0.4, -0.2) is 24.6 Å². The average Bonchev–Trinajstić information content (AvgIpc) is 2.48. The lowest BCUT2D eigenvalue weighted by Crippen LogP contribution is -2.21. The highest BCUT2D eigenvalue weighted by atomic mass is 35.5. The molecule has 1 aliphatic heterocycles. The van der Waals surface area contributed by atoms with Gasteiger partial charge in [-0.05, 0) is 43.7 Å². The monoisotopic (exact) mass is 287 g/mol. The lowest BCUT2D eigenvalue weighted by atomic mass is 10.1. The molecular weight excluding hydrogens is 270 g/mol. The molecule has 0 spiro atoms. The largest absolute Gasteiger partial charge is 0.384 e. The summed E-state index contributed by atoms with van der Waals surface area (Å²) in [4.78, 5) is 4.36. The number of rotatable bonds is 4. The number of hydrogen-bond acceptors (Lipinski definition) is 3. The zero-order valence-corrected chi connectivity index (χ0v) is 12.1. The topological polar surface area (TPSA) is 37.0 Å². The zero-order chi connectivity index (χ0) is 13.8. The quantitative estimate of drug-likeness (QED) is 0.844. The van der Waals surface area contributed by atoms with E-state index in [1.165, 1.54) is 5.57 Å². The highest BCUT2D eigenvalue weighted by molar-refractivity contribution is 6.31. The van der Waals surface area contributed by atoms with Crippen LogP contribution in [-0.2, 0) is 0 Å². The minimum absolute atomic E-state index is 0.724. The first kappa shape index (κ1) is 13.4. The summed E-state index contributed by atoms with van der Waals surface area (Å²) in [5, 5.41) is 8.69. The van der Waals surface area contributed by atoms with Crippen molar-refractivity contribution in [2.75, 3.05) is 25.0 Å². The Morgan fingerprint density at radius 3 is 3.10 bits per heavy atom.